The van der Waals surface area contributed by atoms with Crippen molar-refractivity contribution in [3.05, 3.63) is 35.5 Å². The van der Waals surface area contributed by atoms with Crippen LogP contribution in [0.5, 0.6) is 0 Å². The Balaban J connectivity index is 1.89. The minimum atomic E-state index is -0.626. The zero-order chi connectivity index (χ0) is 13.2. The van der Waals surface area contributed by atoms with Crippen molar-refractivity contribution in [2.75, 3.05) is 16.8 Å². The van der Waals surface area contributed by atoms with Crippen LogP contribution in [0.2, 0.25) is 5.02 Å². The molecule has 0 atom stereocenters. The first-order valence-electron chi connectivity index (χ1n) is 6.39. The summed E-state index contributed by atoms with van der Waals surface area (Å²) < 4.78 is 11.4. The number of rotatable bonds is 2. The van der Waals surface area contributed by atoms with Gasteiger partial charge in [-0.2, -0.15) is 0 Å². The molecule has 0 radical (unpaired) electrons. The predicted octanol–water partition coefficient (Wildman–Crippen LogP) is 3.21. The lowest BCUT2D eigenvalue weighted by atomic mass is 10.1. The second-order valence-electron chi connectivity index (χ2n) is 4.76. The van der Waals surface area contributed by atoms with Crippen LogP contribution in [0.25, 0.3) is 10.9 Å². The third-order valence-electron chi connectivity index (χ3n) is 3.46. The molecule has 1 aliphatic heterocycles. The maximum absolute atomic E-state index is 11.4. The molecule has 1 aromatic heterocycles. The number of hydrogen-bond donors (Lipinski definition) is 1. The molecule has 2 aromatic rings. The molecule has 3 rings (SSSR count). The fraction of sp³-hybridized carbons (Fsp3) is 0.357. The van der Waals surface area contributed by atoms with Crippen molar-refractivity contribution in [2.45, 2.75) is 18.9 Å². The van der Waals surface area contributed by atoms with Gasteiger partial charge in [0.1, 0.15) is 0 Å². The Morgan fingerprint density at radius 2 is 2.05 bits per heavy atom. The fourth-order valence-corrected chi connectivity index (χ4v) is 3.93. The predicted molar refractivity (Wildman–Crippen MR) is 81.3 cm³/mol. The SMILES string of the molecule is O=S1CCC(Nc2ccc(Cl)c3cccnc23)CC1. The van der Waals surface area contributed by atoms with Gasteiger partial charge in [0.25, 0.3) is 0 Å². The van der Waals surface area contributed by atoms with E-state index >= 15 is 0 Å². The minimum Gasteiger partial charge on any atom is -0.380 e. The van der Waals surface area contributed by atoms with E-state index in [9.17, 15) is 4.21 Å². The van der Waals surface area contributed by atoms with Crippen LogP contribution in [0.1, 0.15) is 12.8 Å². The van der Waals surface area contributed by atoms with Crippen LogP contribution in [-0.4, -0.2) is 26.7 Å². The molecule has 1 aliphatic rings. The van der Waals surface area contributed by atoms with Gasteiger partial charge in [0.2, 0.25) is 0 Å². The highest BCUT2D eigenvalue weighted by Crippen LogP contribution is 2.29. The average Bonchev–Trinajstić information content (AvgIpc) is 2.45. The molecule has 1 aromatic carbocycles. The van der Waals surface area contributed by atoms with Gasteiger partial charge in [0.05, 0.1) is 16.2 Å². The molecule has 5 heteroatoms. The lowest BCUT2D eigenvalue weighted by Gasteiger charge is -2.24. The number of pyridine rings is 1. The van der Waals surface area contributed by atoms with E-state index in [1.54, 1.807) is 6.20 Å². The molecule has 0 spiro atoms. The number of anilines is 1. The van der Waals surface area contributed by atoms with Gasteiger partial charge in [-0.1, -0.05) is 11.6 Å². The van der Waals surface area contributed by atoms with Crippen molar-refractivity contribution in [3.8, 4) is 0 Å². The van der Waals surface area contributed by atoms with E-state index in [4.69, 9.17) is 11.6 Å². The van der Waals surface area contributed by atoms with E-state index in [0.29, 0.717) is 6.04 Å². The lowest BCUT2D eigenvalue weighted by Crippen LogP contribution is -2.29. The van der Waals surface area contributed by atoms with E-state index in [2.05, 4.69) is 10.3 Å². The molecule has 1 saturated heterocycles. The Morgan fingerprint density at radius 3 is 2.84 bits per heavy atom. The molecule has 0 unspecified atom stereocenters. The molecule has 0 amide bonds. The third kappa shape index (κ3) is 2.74. The highest BCUT2D eigenvalue weighted by molar-refractivity contribution is 7.85. The lowest BCUT2D eigenvalue weighted by molar-refractivity contribution is 0.624. The molecule has 0 bridgehead atoms. The zero-order valence-corrected chi connectivity index (χ0v) is 12.0. The van der Waals surface area contributed by atoms with Gasteiger partial charge in [-0.25, -0.2) is 0 Å². The van der Waals surface area contributed by atoms with Gasteiger partial charge in [-0.3, -0.25) is 9.19 Å². The van der Waals surface area contributed by atoms with Gasteiger partial charge in [-0.05, 0) is 37.1 Å². The van der Waals surface area contributed by atoms with Crippen LogP contribution in [0.15, 0.2) is 30.5 Å². The number of benzene rings is 1. The molecule has 1 N–H and O–H groups in total. The molecule has 19 heavy (non-hydrogen) atoms. The molecular formula is C14H15ClN2OS. The van der Waals surface area contributed by atoms with E-state index in [-0.39, 0.29) is 0 Å². The third-order valence-corrected chi connectivity index (χ3v) is 5.18. The molecule has 2 heterocycles. The highest BCUT2D eigenvalue weighted by atomic mass is 35.5. The van der Waals surface area contributed by atoms with Crippen LogP contribution in [0.3, 0.4) is 0 Å². The van der Waals surface area contributed by atoms with Crippen molar-refractivity contribution in [1.29, 1.82) is 0 Å². The van der Waals surface area contributed by atoms with Gasteiger partial charge >= 0.3 is 0 Å². The number of nitrogens with zero attached hydrogens (tertiary/aromatic N) is 1. The first-order chi connectivity index (χ1) is 9.24. The van der Waals surface area contributed by atoms with Gasteiger partial charge in [0.15, 0.2) is 0 Å². The Bertz CT molecular complexity index is 622. The van der Waals surface area contributed by atoms with Crippen molar-refractivity contribution in [2.24, 2.45) is 0 Å². The number of nitrogens with one attached hydrogen (secondary N) is 1. The highest BCUT2D eigenvalue weighted by Gasteiger charge is 2.18. The monoisotopic (exact) mass is 294 g/mol. The minimum absolute atomic E-state index is 0.379. The van der Waals surface area contributed by atoms with Crippen molar-refractivity contribution in [1.82, 2.24) is 4.98 Å². The van der Waals surface area contributed by atoms with Gasteiger partial charge < -0.3 is 5.32 Å². The Hall–Kier alpha value is -1.13. The van der Waals surface area contributed by atoms with E-state index in [1.165, 1.54) is 0 Å². The summed E-state index contributed by atoms with van der Waals surface area (Å²) in [4.78, 5) is 4.42. The standard InChI is InChI=1S/C14H15ClN2OS/c15-12-3-4-13(14-11(12)2-1-7-16-14)17-10-5-8-19(18)9-6-10/h1-4,7,10,17H,5-6,8-9H2. The molecule has 100 valence electrons. The van der Waals surface area contributed by atoms with Crippen LogP contribution in [0.4, 0.5) is 5.69 Å². The van der Waals surface area contributed by atoms with Crippen LogP contribution in [-0.2, 0) is 10.8 Å². The maximum Gasteiger partial charge on any atom is 0.0948 e. The normalized spacial score (nSPS) is 23.4. The summed E-state index contributed by atoms with van der Waals surface area (Å²) in [6.45, 7) is 0. The molecular weight excluding hydrogens is 280 g/mol. The summed E-state index contributed by atoms with van der Waals surface area (Å²) in [7, 11) is -0.626. The second-order valence-corrected chi connectivity index (χ2v) is 6.86. The Kier molecular flexibility index (Phi) is 3.71. The first kappa shape index (κ1) is 12.9. The smallest absolute Gasteiger partial charge is 0.0948 e. The van der Waals surface area contributed by atoms with Crippen molar-refractivity contribution in [3.63, 3.8) is 0 Å². The quantitative estimate of drug-likeness (QED) is 0.925. The summed E-state index contributed by atoms with van der Waals surface area (Å²) in [5.74, 6) is 1.58. The zero-order valence-electron chi connectivity index (χ0n) is 10.4. The van der Waals surface area contributed by atoms with Crippen molar-refractivity contribution >= 4 is 39.0 Å². The number of aromatic nitrogens is 1. The van der Waals surface area contributed by atoms with E-state index in [0.717, 1.165) is 46.0 Å². The Morgan fingerprint density at radius 1 is 1.26 bits per heavy atom. The summed E-state index contributed by atoms with van der Waals surface area (Å²) in [5.41, 5.74) is 1.92. The van der Waals surface area contributed by atoms with E-state index < -0.39 is 10.8 Å². The fourth-order valence-electron chi connectivity index (χ4n) is 2.41. The topological polar surface area (TPSA) is 42.0 Å². The number of halogens is 1. The number of fused-ring (bicyclic) bond motifs is 1. The molecule has 0 aliphatic carbocycles. The van der Waals surface area contributed by atoms with Crippen LogP contribution in [0, 0.1) is 0 Å². The largest absolute Gasteiger partial charge is 0.380 e. The van der Waals surface area contributed by atoms with Crippen LogP contribution >= 0.6 is 11.6 Å². The first-order valence-corrected chi connectivity index (χ1v) is 8.25. The molecule has 3 nitrogen and oxygen atoms in total. The summed E-state index contributed by atoms with van der Waals surface area (Å²) >= 11 is 6.18. The van der Waals surface area contributed by atoms with Crippen LogP contribution < -0.4 is 5.32 Å². The van der Waals surface area contributed by atoms with Crippen molar-refractivity contribution < 1.29 is 4.21 Å². The molecule has 0 saturated carbocycles. The van der Waals surface area contributed by atoms with Gasteiger partial charge in [0, 0.05) is 39.9 Å². The second kappa shape index (κ2) is 5.47. The van der Waals surface area contributed by atoms with E-state index in [1.807, 2.05) is 24.3 Å². The molecule has 1 fully saturated rings. The average molecular weight is 295 g/mol. The Labute approximate surface area is 119 Å². The maximum atomic E-state index is 11.4. The number of hydrogen-bond acceptors (Lipinski definition) is 3. The van der Waals surface area contributed by atoms with Gasteiger partial charge in [-0.15, -0.1) is 0 Å². The summed E-state index contributed by atoms with van der Waals surface area (Å²) in [6, 6.07) is 8.12. The summed E-state index contributed by atoms with van der Waals surface area (Å²) in [6.07, 6.45) is 3.67. The summed E-state index contributed by atoms with van der Waals surface area (Å²) in [5, 5.41) is 5.20.